The van der Waals surface area contributed by atoms with Crippen LogP contribution in [-0.2, 0) is 5.60 Å². The molecule has 1 nitrogen and oxygen atoms in total. The number of hydrogen-bond acceptors (Lipinski definition) is 1. The van der Waals surface area contributed by atoms with E-state index in [0.717, 1.165) is 24.5 Å². The molecule has 1 unspecified atom stereocenters. The largest absolute Gasteiger partial charge is 0.385 e. The summed E-state index contributed by atoms with van der Waals surface area (Å²) in [5.41, 5.74) is 0.908. The normalized spacial score (nSPS) is 29.5. The highest BCUT2D eigenvalue weighted by atomic mass is 19.2. The molecule has 1 N–H and O–H groups in total. The second-order valence-corrected chi connectivity index (χ2v) is 8.36. The maximum absolute atomic E-state index is 13.5. The lowest BCUT2D eigenvalue weighted by atomic mass is 9.71. The van der Waals surface area contributed by atoms with E-state index in [0.29, 0.717) is 24.3 Å². The molecule has 1 fully saturated rings. The highest BCUT2D eigenvalue weighted by molar-refractivity contribution is 5.28. The fourth-order valence-corrected chi connectivity index (χ4v) is 4.78. The van der Waals surface area contributed by atoms with Crippen molar-refractivity contribution in [1.29, 1.82) is 0 Å². The molecule has 144 valence electrons. The van der Waals surface area contributed by atoms with Crippen LogP contribution in [0.15, 0.2) is 29.8 Å². The van der Waals surface area contributed by atoms with Crippen molar-refractivity contribution in [2.45, 2.75) is 83.2 Å². The van der Waals surface area contributed by atoms with Gasteiger partial charge in [-0.3, -0.25) is 0 Å². The van der Waals surface area contributed by atoms with Gasteiger partial charge in [0.25, 0.3) is 0 Å². The SMILES string of the molecule is CCCCC[C@H]1CC[C@H](C2=CCC(O)(c3ccc(F)c(F)c3)CC2)CC1. The number of aliphatic hydroxyl groups is 1. The Labute approximate surface area is 156 Å². The van der Waals surface area contributed by atoms with Gasteiger partial charge in [-0.05, 0) is 74.5 Å². The van der Waals surface area contributed by atoms with Gasteiger partial charge in [-0.2, -0.15) is 0 Å². The summed E-state index contributed by atoms with van der Waals surface area (Å²) in [4.78, 5) is 0. The predicted octanol–water partition coefficient (Wildman–Crippen LogP) is 6.65. The summed E-state index contributed by atoms with van der Waals surface area (Å²) in [7, 11) is 0. The second kappa shape index (κ2) is 8.65. The third kappa shape index (κ3) is 4.54. The van der Waals surface area contributed by atoms with Crippen molar-refractivity contribution in [3.8, 4) is 0 Å². The Morgan fingerprint density at radius 3 is 2.46 bits per heavy atom. The maximum Gasteiger partial charge on any atom is 0.159 e. The molecule has 3 heteroatoms. The Balaban J connectivity index is 1.55. The first-order chi connectivity index (χ1) is 12.5. The minimum atomic E-state index is -1.06. The molecule has 0 aliphatic heterocycles. The molecular weight excluding hydrogens is 330 g/mol. The molecular formula is C23H32F2O. The summed E-state index contributed by atoms with van der Waals surface area (Å²) >= 11 is 0. The van der Waals surface area contributed by atoms with Gasteiger partial charge in [-0.1, -0.05) is 50.3 Å². The van der Waals surface area contributed by atoms with Gasteiger partial charge in [-0.25, -0.2) is 8.78 Å². The van der Waals surface area contributed by atoms with Crippen LogP contribution in [0.5, 0.6) is 0 Å². The molecule has 3 rings (SSSR count). The first kappa shape index (κ1) is 19.5. The Morgan fingerprint density at radius 2 is 1.85 bits per heavy atom. The first-order valence-corrected chi connectivity index (χ1v) is 10.4. The van der Waals surface area contributed by atoms with Crippen LogP contribution in [0.1, 0.15) is 83.1 Å². The van der Waals surface area contributed by atoms with Crippen LogP contribution in [0.3, 0.4) is 0 Å². The summed E-state index contributed by atoms with van der Waals surface area (Å²) < 4.78 is 26.7. The molecule has 1 atom stereocenters. The van der Waals surface area contributed by atoms with E-state index in [-0.39, 0.29) is 0 Å². The van der Waals surface area contributed by atoms with Crippen LogP contribution >= 0.6 is 0 Å². The minimum Gasteiger partial charge on any atom is -0.385 e. The van der Waals surface area contributed by atoms with Crippen molar-refractivity contribution in [2.24, 2.45) is 11.8 Å². The highest BCUT2D eigenvalue weighted by Crippen LogP contribution is 2.43. The van der Waals surface area contributed by atoms with Gasteiger partial charge in [0.05, 0.1) is 5.60 Å². The average molecular weight is 363 g/mol. The molecule has 2 aliphatic rings. The van der Waals surface area contributed by atoms with Crippen LogP contribution < -0.4 is 0 Å². The van der Waals surface area contributed by atoms with Crippen molar-refractivity contribution < 1.29 is 13.9 Å². The zero-order chi connectivity index (χ0) is 18.6. The van der Waals surface area contributed by atoms with Crippen molar-refractivity contribution in [2.75, 3.05) is 0 Å². The monoisotopic (exact) mass is 362 g/mol. The molecule has 1 aromatic carbocycles. The van der Waals surface area contributed by atoms with Gasteiger partial charge >= 0.3 is 0 Å². The van der Waals surface area contributed by atoms with E-state index in [9.17, 15) is 13.9 Å². The third-order valence-electron chi connectivity index (χ3n) is 6.57. The molecule has 0 bridgehead atoms. The van der Waals surface area contributed by atoms with Crippen molar-refractivity contribution >= 4 is 0 Å². The van der Waals surface area contributed by atoms with E-state index in [1.807, 2.05) is 0 Å². The van der Waals surface area contributed by atoms with Gasteiger partial charge in [0.1, 0.15) is 0 Å². The summed E-state index contributed by atoms with van der Waals surface area (Å²) in [6.45, 7) is 2.26. The van der Waals surface area contributed by atoms with Gasteiger partial charge in [-0.15, -0.1) is 0 Å². The quantitative estimate of drug-likeness (QED) is 0.444. The van der Waals surface area contributed by atoms with E-state index in [2.05, 4.69) is 13.0 Å². The molecule has 0 spiro atoms. The Kier molecular flexibility index (Phi) is 6.50. The molecule has 1 aromatic rings. The van der Waals surface area contributed by atoms with Crippen LogP contribution in [0.25, 0.3) is 0 Å². The molecule has 0 aromatic heterocycles. The van der Waals surface area contributed by atoms with E-state index >= 15 is 0 Å². The Bertz CT molecular complexity index is 631. The van der Waals surface area contributed by atoms with E-state index in [4.69, 9.17) is 0 Å². The number of rotatable bonds is 6. The van der Waals surface area contributed by atoms with Crippen LogP contribution in [0, 0.1) is 23.5 Å². The van der Waals surface area contributed by atoms with E-state index in [1.54, 1.807) is 0 Å². The van der Waals surface area contributed by atoms with Crippen LogP contribution in [0.2, 0.25) is 0 Å². The van der Waals surface area contributed by atoms with Gasteiger partial charge in [0.2, 0.25) is 0 Å². The fourth-order valence-electron chi connectivity index (χ4n) is 4.78. The third-order valence-corrected chi connectivity index (χ3v) is 6.57. The topological polar surface area (TPSA) is 20.2 Å². The van der Waals surface area contributed by atoms with Gasteiger partial charge in [0.15, 0.2) is 11.6 Å². The summed E-state index contributed by atoms with van der Waals surface area (Å²) in [5.74, 6) is -0.180. The lowest BCUT2D eigenvalue weighted by molar-refractivity contribution is 0.0237. The van der Waals surface area contributed by atoms with Crippen molar-refractivity contribution in [1.82, 2.24) is 0 Å². The smallest absolute Gasteiger partial charge is 0.159 e. The first-order valence-electron chi connectivity index (χ1n) is 10.4. The summed E-state index contributed by atoms with van der Waals surface area (Å²) in [6.07, 6.45) is 14.7. The maximum atomic E-state index is 13.5. The fraction of sp³-hybridized carbons (Fsp3) is 0.652. The number of benzene rings is 1. The number of hydrogen-bond donors (Lipinski definition) is 1. The van der Waals surface area contributed by atoms with E-state index in [1.165, 1.54) is 63.0 Å². The standard InChI is InChI=1S/C23H32F2O/c1-2-3-4-5-17-6-8-18(9-7-17)19-12-14-23(26,15-13-19)20-10-11-21(24)22(25)16-20/h10-12,16-18,26H,2-9,13-15H2,1H3/t17-,18-,23?. The number of unbranched alkanes of at least 4 members (excludes halogenated alkanes) is 2. The van der Waals surface area contributed by atoms with Gasteiger partial charge < -0.3 is 5.11 Å². The molecule has 0 radical (unpaired) electrons. The predicted molar refractivity (Wildman–Crippen MR) is 102 cm³/mol. The van der Waals surface area contributed by atoms with Gasteiger partial charge in [0, 0.05) is 0 Å². The molecule has 2 aliphatic carbocycles. The zero-order valence-electron chi connectivity index (χ0n) is 15.9. The summed E-state index contributed by atoms with van der Waals surface area (Å²) in [6, 6.07) is 3.77. The molecule has 0 saturated heterocycles. The molecule has 26 heavy (non-hydrogen) atoms. The highest BCUT2D eigenvalue weighted by Gasteiger charge is 2.34. The summed E-state index contributed by atoms with van der Waals surface area (Å²) in [5, 5.41) is 10.9. The van der Waals surface area contributed by atoms with Crippen molar-refractivity contribution in [3.63, 3.8) is 0 Å². The van der Waals surface area contributed by atoms with Crippen LogP contribution in [0.4, 0.5) is 8.78 Å². The second-order valence-electron chi connectivity index (χ2n) is 8.36. The Morgan fingerprint density at radius 1 is 1.08 bits per heavy atom. The molecule has 1 saturated carbocycles. The van der Waals surface area contributed by atoms with Crippen molar-refractivity contribution in [3.05, 3.63) is 47.0 Å². The molecule has 0 heterocycles. The zero-order valence-corrected chi connectivity index (χ0v) is 15.9. The lowest BCUT2D eigenvalue weighted by Crippen LogP contribution is -2.29. The van der Waals surface area contributed by atoms with E-state index < -0.39 is 17.2 Å². The minimum absolute atomic E-state index is 0.492. The van der Waals surface area contributed by atoms with Crippen LogP contribution in [-0.4, -0.2) is 5.11 Å². The lowest BCUT2D eigenvalue weighted by Gasteiger charge is -2.36. The average Bonchev–Trinajstić information content (AvgIpc) is 2.65. The molecule has 0 amide bonds. The number of halogens is 2. The Hall–Kier alpha value is -1.22. The number of allylic oxidation sites excluding steroid dienone is 1.